The first-order valence-corrected chi connectivity index (χ1v) is 10.1. The zero-order valence-electron chi connectivity index (χ0n) is 16.5. The van der Waals surface area contributed by atoms with Crippen LogP contribution in [0.15, 0.2) is 29.3 Å². The number of hydrogen-bond acceptors (Lipinski definition) is 3. The monoisotopic (exact) mass is 372 g/mol. The minimum absolute atomic E-state index is 0.250. The molecule has 1 aromatic carbocycles. The van der Waals surface area contributed by atoms with E-state index in [0.717, 1.165) is 49.6 Å². The predicted octanol–water partition coefficient (Wildman–Crippen LogP) is 2.54. The molecule has 1 unspecified atom stereocenters. The van der Waals surface area contributed by atoms with E-state index in [-0.39, 0.29) is 12.0 Å². The fourth-order valence-corrected chi connectivity index (χ4v) is 4.10. The van der Waals surface area contributed by atoms with E-state index in [0.29, 0.717) is 12.5 Å². The summed E-state index contributed by atoms with van der Waals surface area (Å²) in [6, 6.07) is 8.22. The van der Waals surface area contributed by atoms with Gasteiger partial charge in [0.1, 0.15) is 5.75 Å². The molecule has 0 aromatic heterocycles. The molecule has 6 nitrogen and oxygen atoms in total. The molecular weight excluding hydrogens is 340 g/mol. The Morgan fingerprint density at radius 2 is 2.00 bits per heavy atom. The molecule has 2 fully saturated rings. The highest BCUT2D eigenvalue weighted by Crippen LogP contribution is 2.26. The Kier molecular flexibility index (Phi) is 6.96. The number of nitrogens with zero attached hydrogens (tertiary/aromatic N) is 2. The second-order valence-electron chi connectivity index (χ2n) is 7.49. The molecule has 1 aliphatic heterocycles. The second kappa shape index (κ2) is 9.62. The van der Waals surface area contributed by atoms with Gasteiger partial charge in [-0.05, 0) is 25.3 Å². The Labute approximate surface area is 162 Å². The summed E-state index contributed by atoms with van der Waals surface area (Å²) in [4.78, 5) is 19.1. The first kappa shape index (κ1) is 19.5. The second-order valence-corrected chi connectivity index (χ2v) is 7.49. The summed E-state index contributed by atoms with van der Waals surface area (Å²) in [6.07, 6.45) is 6.78. The van der Waals surface area contributed by atoms with Crippen molar-refractivity contribution >= 4 is 11.9 Å². The third-order valence-corrected chi connectivity index (χ3v) is 5.66. The fourth-order valence-electron chi connectivity index (χ4n) is 4.10. The number of rotatable bonds is 5. The van der Waals surface area contributed by atoms with Crippen molar-refractivity contribution in [2.75, 3.05) is 27.2 Å². The maximum atomic E-state index is 12.7. The van der Waals surface area contributed by atoms with Crippen LogP contribution in [0, 0.1) is 5.92 Å². The maximum absolute atomic E-state index is 12.7. The number of aliphatic imine (C=N–C) groups is 1. The number of nitrogens with one attached hydrogen (secondary N) is 2. The standard InChI is InChI=1S/C21H32N4O2/c1-22-21(23-14-17-10-6-7-11-19(17)27-2)24-18-12-13-25(15-18)20(26)16-8-4-3-5-9-16/h6-7,10-11,16,18H,3-5,8-9,12-15H2,1-2H3,(H2,22,23,24). The van der Waals surface area contributed by atoms with Crippen molar-refractivity contribution in [3.8, 4) is 5.75 Å². The van der Waals surface area contributed by atoms with Crippen molar-refractivity contribution < 1.29 is 9.53 Å². The van der Waals surface area contributed by atoms with Gasteiger partial charge in [0.05, 0.1) is 7.11 Å². The first-order chi connectivity index (χ1) is 13.2. The first-order valence-electron chi connectivity index (χ1n) is 10.1. The Balaban J connectivity index is 1.48. The molecule has 1 saturated heterocycles. The highest BCUT2D eigenvalue weighted by atomic mass is 16.5. The van der Waals surface area contributed by atoms with Crippen molar-refractivity contribution in [2.24, 2.45) is 10.9 Å². The van der Waals surface area contributed by atoms with Gasteiger partial charge in [0.15, 0.2) is 5.96 Å². The molecule has 1 atom stereocenters. The van der Waals surface area contributed by atoms with E-state index >= 15 is 0 Å². The lowest BCUT2D eigenvalue weighted by Crippen LogP contribution is -2.45. The van der Waals surface area contributed by atoms with E-state index < -0.39 is 0 Å². The van der Waals surface area contributed by atoms with Crippen molar-refractivity contribution in [1.82, 2.24) is 15.5 Å². The number of carbonyl (C=O) groups is 1. The summed E-state index contributed by atoms with van der Waals surface area (Å²) in [7, 11) is 3.46. The van der Waals surface area contributed by atoms with Crippen molar-refractivity contribution in [3.05, 3.63) is 29.8 Å². The quantitative estimate of drug-likeness (QED) is 0.616. The van der Waals surface area contributed by atoms with Gasteiger partial charge < -0.3 is 20.3 Å². The van der Waals surface area contributed by atoms with Gasteiger partial charge in [-0.15, -0.1) is 0 Å². The Morgan fingerprint density at radius 3 is 2.74 bits per heavy atom. The molecular formula is C21H32N4O2. The largest absolute Gasteiger partial charge is 0.496 e. The van der Waals surface area contributed by atoms with E-state index in [4.69, 9.17) is 4.74 Å². The van der Waals surface area contributed by atoms with E-state index in [9.17, 15) is 4.79 Å². The van der Waals surface area contributed by atoms with Gasteiger partial charge in [-0.2, -0.15) is 0 Å². The molecule has 1 heterocycles. The van der Waals surface area contributed by atoms with Crippen LogP contribution in [0.4, 0.5) is 0 Å². The number of para-hydroxylation sites is 1. The van der Waals surface area contributed by atoms with Crippen LogP contribution in [-0.2, 0) is 11.3 Å². The molecule has 1 saturated carbocycles. The molecule has 6 heteroatoms. The molecule has 2 N–H and O–H groups in total. The molecule has 0 radical (unpaired) electrons. The van der Waals surface area contributed by atoms with Gasteiger partial charge >= 0.3 is 0 Å². The van der Waals surface area contributed by atoms with Gasteiger partial charge in [0.2, 0.25) is 5.91 Å². The number of ether oxygens (including phenoxy) is 1. The number of methoxy groups -OCH3 is 1. The van der Waals surface area contributed by atoms with Crippen LogP contribution in [0.25, 0.3) is 0 Å². The highest BCUT2D eigenvalue weighted by Gasteiger charge is 2.31. The van der Waals surface area contributed by atoms with Crippen molar-refractivity contribution in [2.45, 2.75) is 51.1 Å². The van der Waals surface area contributed by atoms with Gasteiger partial charge in [-0.1, -0.05) is 37.5 Å². The number of likely N-dealkylation sites (tertiary alicyclic amines) is 1. The van der Waals surface area contributed by atoms with Crippen molar-refractivity contribution in [3.63, 3.8) is 0 Å². The number of guanidine groups is 1. The molecule has 27 heavy (non-hydrogen) atoms. The number of amides is 1. The summed E-state index contributed by atoms with van der Waals surface area (Å²) >= 11 is 0. The number of benzene rings is 1. The van der Waals surface area contributed by atoms with Gasteiger partial charge in [-0.25, -0.2) is 0 Å². The molecule has 1 amide bonds. The highest BCUT2D eigenvalue weighted by molar-refractivity contribution is 5.81. The van der Waals surface area contributed by atoms with Crippen molar-refractivity contribution in [1.29, 1.82) is 0 Å². The van der Waals surface area contributed by atoms with Gasteiger partial charge in [0, 0.05) is 44.2 Å². The van der Waals surface area contributed by atoms with E-state index in [1.54, 1.807) is 14.2 Å². The normalized spacial score (nSPS) is 21.2. The Bertz CT molecular complexity index is 655. The average Bonchev–Trinajstić information content (AvgIpc) is 3.19. The molecule has 3 rings (SSSR count). The number of carbonyl (C=O) groups excluding carboxylic acids is 1. The van der Waals surface area contributed by atoms with Crippen LogP contribution in [0.5, 0.6) is 5.75 Å². The third kappa shape index (κ3) is 5.15. The zero-order chi connectivity index (χ0) is 19.1. The molecule has 1 aliphatic carbocycles. The summed E-state index contributed by atoms with van der Waals surface area (Å²) in [5, 5.41) is 6.82. The summed E-state index contributed by atoms with van der Waals surface area (Å²) in [5.41, 5.74) is 1.09. The molecule has 2 aliphatic rings. The SMILES string of the molecule is CN=C(NCc1ccccc1OC)NC1CCN(C(=O)C2CCCCC2)C1. The lowest BCUT2D eigenvalue weighted by Gasteiger charge is -2.26. The molecule has 1 aromatic rings. The third-order valence-electron chi connectivity index (χ3n) is 5.66. The lowest BCUT2D eigenvalue weighted by atomic mass is 9.88. The summed E-state index contributed by atoms with van der Waals surface area (Å²) in [5.74, 6) is 2.24. The Hall–Kier alpha value is -2.24. The predicted molar refractivity (Wildman–Crippen MR) is 108 cm³/mol. The van der Waals surface area contributed by atoms with Crippen LogP contribution in [0.1, 0.15) is 44.1 Å². The minimum atomic E-state index is 0.250. The fraction of sp³-hybridized carbons (Fsp3) is 0.619. The van der Waals surface area contributed by atoms with Gasteiger partial charge in [-0.3, -0.25) is 9.79 Å². The topological polar surface area (TPSA) is 66.0 Å². The summed E-state index contributed by atoms with van der Waals surface area (Å²) < 4.78 is 5.40. The van der Waals surface area contributed by atoms with Crippen LogP contribution in [0.2, 0.25) is 0 Å². The lowest BCUT2D eigenvalue weighted by molar-refractivity contribution is -0.135. The van der Waals surface area contributed by atoms with E-state index in [2.05, 4.69) is 15.6 Å². The van der Waals surface area contributed by atoms with Crippen LogP contribution < -0.4 is 15.4 Å². The maximum Gasteiger partial charge on any atom is 0.225 e. The van der Waals surface area contributed by atoms with Crippen LogP contribution in [-0.4, -0.2) is 50.1 Å². The summed E-state index contributed by atoms with van der Waals surface area (Å²) in [6.45, 7) is 2.25. The Morgan fingerprint density at radius 1 is 1.22 bits per heavy atom. The smallest absolute Gasteiger partial charge is 0.225 e. The molecule has 0 spiro atoms. The molecule has 148 valence electrons. The molecule has 0 bridgehead atoms. The number of hydrogen-bond donors (Lipinski definition) is 2. The zero-order valence-corrected chi connectivity index (χ0v) is 16.5. The van der Waals surface area contributed by atoms with E-state index in [1.165, 1.54) is 19.3 Å². The van der Waals surface area contributed by atoms with Crippen LogP contribution in [0.3, 0.4) is 0 Å². The van der Waals surface area contributed by atoms with E-state index in [1.807, 2.05) is 29.2 Å². The average molecular weight is 373 g/mol. The minimum Gasteiger partial charge on any atom is -0.496 e. The van der Waals surface area contributed by atoms with Gasteiger partial charge in [0.25, 0.3) is 0 Å². The van der Waals surface area contributed by atoms with Crippen LogP contribution >= 0.6 is 0 Å².